The van der Waals surface area contributed by atoms with Crippen LogP contribution >= 0.6 is 11.3 Å². The summed E-state index contributed by atoms with van der Waals surface area (Å²) < 4.78 is 0. The van der Waals surface area contributed by atoms with E-state index in [0.717, 1.165) is 35.4 Å². The quantitative estimate of drug-likeness (QED) is 0.866. The zero-order chi connectivity index (χ0) is 17.4. The Bertz CT molecular complexity index is 770. The van der Waals surface area contributed by atoms with Crippen LogP contribution in [0.15, 0.2) is 30.5 Å². The number of hydrogen-bond donors (Lipinski definition) is 1. The van der Waals surface area contributed by atoms with Gasteiger partial charge in [-0.05, 0) is 31.7 Å². The van der Waals surface area contributed by atoms with Crippen molar-refractivity contribution in [2.45, 2.75) is 38.6 Å². The molecular weight excluding hydrogens is 330 g/mol. The average Bonchev–Trinajstić information content (AvgIpc) is 2.95. The van der Waals surface area contributed by atoms with Gasteiger partial charge < -0.3 is 10.2 Å². The summed E-state index contributed by atoms with van der Waals surface area (Å²) in [7, 11) is 0. The lowest BCUT2D eigenvalue weighted by atomic mass is 9.94. The third-order valence-corrected chi connectivity index (χ3v) is 6.54. The van der Waals surface area contributed by atoms with Crippen LogP contribution in [0.5, 0.6) is 0 Å². The molecule has 0 radical (unpaired) electrons. The second-order valence-corrected chi connectivity index (χ2v) is 8.85. The summed E-state index contributed by atoms with van der Waals surface area (Å²) in [4.78, 5) is 19.9. The number of likely N-dealkylation sites (tertiary alicyclic amines) is 1. The zero-order valence-corrected chi connectivity index (χ0v) is 15.7. The van der Waals surface area contributed by atoms with Gasteiger partial charge in [0.05, 0.1) is 11.6 Å². The number of nitrogens with one attached hydrogen (secondary N) is 1. The van der Waals surface area contributed by atoms with E-state index in [4.69, 9.17) is 0 Å². The molecule has 0 bridgehead atoms. The van der Waals surface area contributed by atoms with Crippen molar-refractivity contribution in [3.63, 3.8) is 0 Å². The molecule has 2 atom stereocenters. The second-order valence-electron chi connectivity index (χ2n) is 7.53. The summed E-state index contributed by atoms with van der Waals surface area (Å²) >= 11 is 1.64. The molecule has 1 aliphatic heterocycles. The fourth-order valence-electron chi connectivity index (χ4n) is 4.11. The van der Waals surface area contributed by atoms with Crippen molar-refractivity contribution in [3.05, 3.63) is 51.5 Å². The number of carbonyl (C=O) groups is 1. The van der Waals surface area contributed by atoms with Crippen molar-refractivity contribution in [2.24, 2.45) is 5.92 Å². The Morgan fingerprint density at radius 2 is 2.16 bits per heavy atom. The number of amides is 1. The number of fused-ring (bicyclic) bond motifs is 1. The number of aromatic nitrogens is 1. The standard InChI is InChI=1S/C20H25N3OS/c1-14-3-5-16(6-4-14)20-9-17(20)12-23(13-20)8-7-19(24)22-11-18-10-21-15(2)25-18/h3-6,10,17H,7-9,11-13H2,1-2H3,(H,22,24). The Balaban J connectivity index is 1.25. The first-order valence-corrected chi connectivity index (χ1v) is 9.84. The summed E-state index contributed by atoms with van der Waals surface area (Å²) in [5.41, 5.74) is 3.17. The summed E-state index contributed by atoms with van der Waals surface area (Å²) in [5.74, 6) is 0.912. The van der Waals surface area contributed by atoms with Crippen LogP contribution in [0.2, 0.25) is 0 Å². The predicted octanol–water partition coefficient (Wildman–Crippen LogP) is 3.04. The van der Waals surface area contributed by atoms with Crippen LogP contribution in [0.25, 0.3) is 0 Å². The fraction of sp³-hybridized carbons (Fsp3) is 0.500. The number of hydrogen-bond acceptors (Lipinski definition) is 4. The third-order valence-electron chi connectivity index (χ3n) is 5.63. The normalized spacial score (nSPS) is 25.0. The largest absolute Gasteiger partial charge is 0.351 e. The minimum atomic E-state index is 0.135. The van der Waals surface area contributed by atoms with E-state index in [-0.39, 0.29) is 5.91 Å². The van der Waals surface area contributed by atoms with Crippen LogP contribution in [-0.2, 0) is 16.8 Å². The molecule has 2 unspecified atom stereocenters. The number of thiazole rings is 1. The lowest BCUT2D eigenvalue weighted by Gasteiger charge is -2.21. The summed E-state index contributed by atoms with van der Waals surface area (Å²) in [5, 5.41) is 4.05. The maximum atomic E-state index is 12.1. The van der Waals surface area contributed by atoms with Crippen molar-refractivity contribution in [1.82, 2.24) is 15.2 Å². The Morgan fingerprint density at radius 1 is 1.36 bits per heavy atom. The van der Waals surface area contributed by atoms with Gasteiger partial charge in [-0.3, -0.25) is 4.79 Å². The van der Waals surface area contributed by atoms with Gasteiger partial charge >= 0.3 is 0 Å². The summed E-state index contributed by atoms with van der Waals surface area (Å²) in [6, 6.07) is 9.03. The van der Waals surface area contributed by atoms with Gasteiger partial charge in [-0.2, -0.15) is 0 Å². The second kappa shape index (κ2) is 6.54. The number of aryl methyl sites for hydroxylation is 2. The molecule has 1 aromatic heterocycles. The zero-order valence-electron chi connectivity index (χ0n) is 14.9. The first kappa shape index (κ1) is 16.7. The summed E-state index contributed by atoms with van der Waals surface area (Å²) in [6.45, 7) is 7.81. The molecule has 4 nitrogen and oxygen atoms in total. The average molecular weight is 356 g/mol. The molecule has 1 saturated heterocycles. The van der Waals surface area contributed by atoms with E-state index in [1.807, 2.05) is 13.1 Å². The van der Waals surface area contributed by atoms with E-state index < -0.39 is 0 Å². The molecule has 2 heterocycles. The molecule has 2 aliphatic rings. The first-order valence-electron chi connectivity index (χ1n) is 9.03. The van der Waals surface area contributed by atoms with Crippen molar-refractivity contribution in [2.75, 3.05) is 19.6 Å². The Labute approximate surface area is 153 Å². The van der Waals surface area contributed by atoms with Crippen molar-refractivity contribution < 1.29 is 4.79 Å². The molecule has 1 aliphatic carbocycles. The molecule has 1 amide bonds. The van der Waals surface area contributed by atoms with Gasteiger partial charge in [0.15, 0.2) is 0 Å². The summed E-state index contributed by atoms with van der Waals surface area (Å²) in [6.07, 6.45) is 3.73. The lowest BCUT2D eigenvalue weighted by molar-refractivity contribution is -0.121. The molecule has 2 aromatic rings. The highest BCUT2D eigenvalue weighted by Gasteiger charge is 2.60. The van der Waals surface area contributed by atoms with E-state index in [1.54, 1.807) is 11.3 Å². The number of benzene rings is 1. The molecule has 1 aromatic carbocycles. The van der Waals surface area contributed by atoms with Crippen molar-refractivity contribution in [3.8, 4) is 0 Å². The van der Waals surface area contributed by atoms with Crippen molar-refractivity contribution in [1.29, 1.82) is 0 Å². The lowest BCUT2D eigenvalue weighted by Crippen LogP contribution is -2.32. The topological polar surface area (TPSA) is 45.2 Å². The Hall–Kier alpha value is -1.72. The molecule has 132 valence electrons. The van der Waals surface area contributed by atoms with E-state index in [0.29, 0.717) is 18.4 Å². The molecule has 4 rings (SSSR count). The first-order chi connectivity index (χ1) is 12.0. The molecule has 25 heavy (non-hydrogen) atoms. The maximum absolute atomic E-state index is 12.1. The van der Waals surface area contributed by atoms with Crippen LogP contribution in [0.3, 0.4) is 0 Å². The Morgan fingerprint density at radius 3 is 2.88 bits per heavy atom. The minimum Gasteiger partial charge on any atom is -0.351 e. The highest BCUT2D eigenvalue weighted by Crippen LogP contribution is 2.58. The number of nitrogens with zero attached hydrogens (tertiary/aromatic N) is 2. The monoisotopic (exact) mass is 355 g/mol. The van der Waals surface area contributed by atoms with E-state index >= 15 is 0 Å². The SMILES string of the molecule is Cc1ccc(C23CC2CN(CCC(=O)NCc2cnc(C)s2)C3)cc1. The number of piperidine rings is 1. The van der Waals surface area contributed by atoms with Gasteiger partial charge in [0.2, 0.25) is 5.91 Å². The fourth-order valence-corrected chi connectivity index (χ4v) is 4.85. The molecule has 2 fully saturated rings. The van der Waals surface area contributed by atoms with Crippen LogP contribution in [0, 0.1) is 19.8 Å². The van der Waals surface area contributed by atoms with Gasteiger partial charge in [-0.25, -0.2) is 4.98 Å². The molecule has 0 spiro atoms. The van der Waals surface area contributed by atoms with Crippen LogP contribution in [0.4, 0.5) is 0 Å². The van der Waals surface area contributed by atoms with Gasteiger partial charge in [0, 0.05) is 42.5 Å². The Kier molecular flexibility index (Phi) is 4.38. The smallest absolute Gasteiger partial charge is 0.221 e. The van der Waals surface area contributed by atoms with E-state index in [1.165, 1.54) is 17.5 Å². The van der Waals surface area contributed by atoms with Crippen LogP contribution < -0.4 is 5.32 Å². The van der Waals surface area contributed by atoms with Gasteiger partial charge in [0.1, 0.15) is 0 Å². The van der Waals surface area contributed by atoms with Gasteiger partial charge in [0.25, 0.3) is 0 Å². The molecule has 5 heteroatoms. The maximum Gasteiger partial charge on any atom is 0.221 e. The number of rotatable bonds is 6. The van der Waals surface area contributed by atoms with E-state index in [2.05, 4.69) is 46.4 Å². The number of carbonyl (C=O) groups excluding carboxylic acids is 1. The van der Waals surface area contributed by atoms with Crippen LogP contribution in [0.1, 0.15) is 33.9 Å². The molecule has 1 saturated carbocycles. The third kappa shape index (κ3) is 3.48. The highest BCUT2D eigenvalue weighted by molar-refractivity contribution is 7.11. The van der Waals surface area contributed by atoms with Crippen molar-refractivity contribution >= 4 is 17.2 Å². The minimum absolute atomic E-state index is 0.135. The van der Waals surface area contributed by atoms with Crippen LogP contribution in [-0.4, -0.2) is 35.4 Å². The predicted molar refractivity (Wildman–Crippen MR) is 101 cm³/mol. The highest BCUT2D eigenvalue weighted by atomic mass is 32.1. The van der Waals surface area contributed by atoms with E-state index in [9.17, 15) is 4.79 Å². The van der Waals surface area contributed by atoms with Gasteiger partial charge in [-0.1, -0.05) is 29.8 Å². The molecule has 1 N–H and O–H groups in total. The van der Waals surface area contributed by atoms with Gasteiger partial charge in [-0.15, -0.1) is 11.3 Å². The molecular formula is C20H25N3OS.